The van der Waals surface area contributed by atoms with Crippen LogP contribution < -0.4 is 9.47 Å². The number of carbonyl (C=O) groups is 2. The zero-order valence-corrected chi connectivity index (χ0v) is 25.2. The van der Waals surface area contributed by atoms with Crippen LogP contribution in [0.5, 0.6) is 11.5 Å². The fourth-order valence-corrected chi connectivity index (χ4v) is 8.93. The summed E-state index contributed by atoms with van der Waals surface area (Å²) >= 11 is 0. The molecule has 2 heterocycles. The lowest BCUT2D eigenvalue weighted by Crippen LogP contribution is -2.70. The van der Waals surface area contributed by atoms with E-state index in [0.29, 0.717) is 24.9 Å². The maximum Gasteiger partial charge on any atom is 0.223 e. The summed E-state index contributed by atoms with van der Waals surface area (Å²) in [5.41, 5.74) is 3.90. The van der Waals surface area contributed by atoms with Crippen LogP contribution in [0, 0.1) is 5.92 Å². The van der Waals surface area contributed by atoms with Gasteiger partial charge >= 0.3 is 0 Å². The molecule has 4 aliphatic rings. The van der Waals surface area contributed by atoms with E-state index in [2.05, 4.69) is 60.0 Å². The van der Waals surface area contributed by atoms with Crippen LogP contribution in [0.15, 0.2) is 42.5 Å². The Morgan fingerprint density at radius 2 is 1.90 bits per heavy atom. The summed E-state index contributed by atoms with van der Waals surface area (Å²) in [5.74, 6) is 2.61. The van der Waals surface area contributed by atoms with Crippen LogP contribution in [0.1, 0.15) is 82.4 Å². The Hall–Kier alpha value is -2.86. The number of benzene rings is 2. The van der Waals surface area contributed by atoms with E-state index in [4.69, 9.17) is 9.47 Å². The van der Waals surface area contributed by atoms with Gasteiger partial charge in [-0.25, -0.2) is 0 Å². The van der Waals surface area contributed by atoms with Gasteiger partial charge in [0.25, 0.3) is 0 Å². The minimum Gasteiger partial charge on any atom is -0.493 e. The molecule has 2 aliphatic heterocycles. The number of ketones is 1. The van der Waals surface area contributed by atoms with Crippen LogP contribution in [0.4, 0.5) is 0 Å². The number of piperidine rings is 1. The highest BCUT2D eigenvalue weighted by atomic mass is 16.5. The second-order valence-corrected chi connectivity index (χ2v) is 13.1. The Labute approximate surface area is 245 Å². The Morgan fingerprint density at radius 3 is 2.63 bits per heavy atom. The number of rotatable bonds is 11. The number of unbranched alkanes of at least 4 members (excludes halogenated alkanes) is 2. The summed E-state index contributed by atoms with van der Waals surface area (Å²) in [6.45, 7) is 7.43. The predicted octanol–water partition coefficient (Wildman–Crippen LogP) is 5.73. The summed E-state index contributed by atoms with van der Waals surface area (Å²) in [7, 11) is 1.72. The number of methoxy groups -OCH3 is 1. The molecule has 5 atom stereocenters. The smallest absolute Gasteiger partial charge is 0.223 e. The first kappa shape index (κ1) is 28.3. The third-order valence-electron chi connectivity index (χ3n) is 10.4. The molecule has 6 heteroatoms. The normalized spacial score (nSPS) is 27.7. The summed E-state index contributed by atoms with van der Waals surface area (Å²) < 4.78 is 12.8. The van der Waals surface area contributed by atoms with Gasteiger partial charge in [-0.15, -0.1) is 0 Å². The molecule has 2 aromatic carbocycles. The average Bonchev–Trinajstić information content (AvgIpc) is 3.30. The molecule has 2 bridgehead atoms. The molecule has 6 nitrogen and oxygen atoms in total. The van der Waals surface area contributed by atoms with E-state index >= 15 is 0 Å². The summed E-state index contributed by atoms with van der Waals surface area (Å²) in [6.07, 6.45) is 8.53. The molecule has 1 saturated carbocycles. The molecule has 1 amide bonds. The quantitative estimate of drug-likeness (QED) is 0.330. The molecule has 0 N–H and O–H groups in total. The third-order valence-corrected chi connectivity index (χ3v) is 10.4. The van der Waals surface area contributed by atoms with Crippen LogP contribution in [0.2, 0.25) is 0 Å². The summed E-state index contributed by atoms with van der Waals surface area (Å²) in [5, 5.41) is 0. The molecule has 1 spiro atoms. The number of hydrogen-bond donors (Lipinski definition) is 0. The van der Waals surface area contributed by atoms with Crippen LogP contribution in [-0.4, -0.2) is 65.9 Å². The number of Topliss-reactive ketones (excluding diaryl/α,β-unsaturated/α-hetero) is 1. The first-order valence-electron chi connectivity index (χ1n) is 15.8. The zero-order chi connectivity index (χ0) is 28.7. The van der Waals surface area contributed by atoms with Gasteiger partial charge in [-0.1, -0.05) is 42.8 Å². The lowest BCUT2D eigenvalue weighted by Gasteiger charge is -2.60. The number of carbonyl (C=O) groups excluding carboxylic acids is 2. The number of ether oxygens (including phenoxy) is 2. The number of likely N-dealkylation sites (tertiary alicyclic amines) is 1. The van der Waals surface area contributed by atoms with E-state index in [1.54, 1.807) is 14.0 Å². The molecule has 41 heavy (non-hydrogen) atoms. The number of hydrogen-bond acceptors (Lipinski definition) is 5. The van der Waals surface area contributed by atoms with Crippen molar-refractivity contribution in [3.05, 3.63) is 59.2 Å². The van der Waals surface area contributed by atoms with Gasteiger partial charge in [-0.3, -0.25) is 14.5 Å². The highest BCUT2D eigenvalue weighted by molar-refractivity contribution is 5.78. The van der Waals surface area contributed by atoms with Gasteiger partial charge in [0.1, 0.15) is 11.9 Å². The predicted molar refractivity (Wildman–Crippen MR) is 161 cm³/mol. The maximum absolute atomic E-state index is 13.9. The van der Waals surface area contributed by atoms with Crippen molar-refractivity contribution in [3.8, 4) is 11.5 Å². The van der Waals surface area contributed by atoms with E-state index in [9.17, 15) is 9.59 Å². The standard InChI is InChI=1S/C35H46N2O4/c1-23(2)37(31(39)14-10-6-9-13-25-11-7-5-8-12-25)28-17-16-27-29-21-26-15-18-30(40-4)33-32(26)35(27,34(28)41-33)19-20-36(29)22-24(3)38/h5,7-8,11-12,15,18,23,27-29,34H,6,9-10,13-14,16-17,19-22H2,1-4H3/t27-,28+,29+,34-,35-/m0/s1. The summed E-state index contributed by atoms with van der Waals surface area (Å²) in [4.78, 5) is 30.7. The van der Waals surface area contributed by atoms with Gasteiger partial charge in [0.05, 0.1) is 19.7 Å². The van der Waals surface area contributed by atoms with Crippen molar-refractivity contribution in [3.63, 3.8) is 0 Å². The maximum atomic E-state index is 13.9. The van der Waals surface area contributed by atoms with Crippen molar-refractivity contribution in [1.29, 1.82) is 0 Å². The van der Waals surface area contributed by atoms with E-state index in [1.807, 2.05) is 6.07 Å². The molecule has 2 aromatic rings. The van der Waals surface area contributed by atoms with Crippen molar-refractivity contribution in [2.75, 3.05) is 20.2 Å². The molecule has 220 valence electrons. The monoisotopic (exact) mass is 558 g/mol. The van der Waals surface area contributed by atoms with Gasteiger partial charge in [-0.05, 0) is 95.4 Å². The van der Waals surface area contributed by atoms with E-state index < -0.39 is 0 Å². The third kappa shape index (κ3) is 4.86. The Bertz CT molecular complexity index is 1280. The SMILES string of the molecule is COc1ccc2c3c1O[C@H]1[C@H](N(C(=O)CCCCCc4ccccc4)C(C)C)CC[C@H]4[C@@H](C2)N(CC(C)=O)CC[C@@]341. The van der Waals surface area contributed by atoms with E-state index in [0.717, 1.165) is 69.4 Å². The second-order valence-electron chi connectivity index (χ2n) is 13.1. The highest BCUT2D eigenvalue weighted by Gasteiger charge is 2.66. The molecule has 0 radical (unpaired) electrons. The molecule has 2 aliphatic carbocycles. The molecular weight excluding hydrogens is 512 g/mol. The molecular formula is C35H46N2O4. The fourth-order valence-electron chi connectivity index (χ4n) is 8.93. The Balaban J connectivity index is 1.24. The zero-order valence-electron chi connectivity index (χ0n) is 25.2. The number of aryl methyl sites for hydroxylation is 1. The second kappa shape index (κ2) is 11.4. The lowest BCUT2D eigenvalue weighted by atomic mass is 9.51. The van der Waals surface area contributed by atoms with Gasteiger partial charge < -0.3 is 14.4 Å². The van der Waals surface area contributed by atoms with Crippen molar-refractivity contribution >= 4 is 11.7 Å². The van der Waals surface area contributed by atoms with Crippen molar-refractivity contribution in [2.45, 2.75) is 108 Å². The van der Waals surface area contributed by atoms with Crippen LogP contribution in [0.25, 0.3) is 0 Å². The number of nitrogens with zero attached hydrogens (tertiary/aromatic N) is 2. The molecule has 0 aromatic heterocycles. The molecule has 1 saturated heterocycles. The first-order chi connectivity index (χ1) is 19.8. The van der Waals surface area contributed by atoms with Crippen molar-refractivity contribution in [1.82, 2.24) is 9.80 Å². The topological polar surface area (TPSA) is 59.1 Å². The van der Waals surface area contributed by atoms with Gasteiger partial charge in [0.15, 0.2) is 11.5 Å². The Kier molecular flexibility index (Phi) is 7.88. The van der Waals surface area contributed by atoms with Gasteiger partial charge in [-0.2, -0.15) is 0 Å². The largest absolute Gasteiger partial charge is 0.493 e. The molecule has 2 fully saturated rings. The van der Waals surface area contributed by atoms with Crippen LogP contribution >= 0.6 is 0 Å². The molecule has 0 unspecified atom stereocenters. The van der Waals surface area contributed by atoms with E-state index in [-0.39, 0.29) is 35.3 Å². The van der Waals surface area contributed by atoms with Crippen molar-refractivity contribution < 1.29 is 19.1 Å². The minimum atomic E-state index is -0.137. The van der Waals surface area contributed by atoms with E-state index in [1.165, 1.54) is 16.7 Å². The van der Waals surface area contributed by atoms with Gasteiger partial charge in [0.2, 0.25) is 5.91 Å². The van der Waals surface area contributed by atoms with Crippen LogP contribution in [0.3, 0.4) is 0 Å². The lowest BCUT2D eigenvalue weighted by molar-refractivity contribution is -0.146. The number of amides is 1. The average molecular weight is 559 g/mol. The fraction of sp³-hybridized carbons (Fsp3) is 0.600. The van der Waals surface area contributed by atoms with Gasteiger partial charge in [0, 0.05) is 29.5 Å². The first-order valence-corrected chi connectivity index (χ1v) is 15.8. The Morgan fingerprint density at radius 1 is 1.10 bits per heavy atom. The van der Waals surface area contributed by atoms with Crippen LogP contribution in [-0.2, 0) is 27.8 Å². The van der Waals surface area contributed by atoms with Crippen molar-refractivity contribution in [2.24, 2.45) is 5.92 Å². The minimum absolute atomic E-state index is 0.0335. The summed E-state index contributed by atoms with van der Waals surface area (Å²) in [6, 6.07) is 15.3. The molecule has 6 rings (SSSR count). The highest BCUT2D eigenvalue weighted by Crippen LogP contribution is 2.64.